The summed E-state index contributed by atoms with van der Waals surface area (Å²) in [4.78, 5) is 2.60. The highest BCUT2D eigenvalue weighted by Gasteiger charge is 2.24. The molecule has 0 aromatic carbocycles. The van der Waals surface area contributed by atoms with E-state index in [9.17, 15) is 0 Å². The lowest BCUT2D eigenvalue weighted by Crippen LogP contribution is -2.44. The topological polar surface area (TPSA) is 12.5 Å². The minimum Gasteiger partial charge on any atom is -0.385 e. The predicted octanol–water partition coefficient (Wildman–Crippen LogP) is 3.28. The molecule has 1 atom stereocenters. The third-order valence-electron chi connectivity index (χ3n) is 3.69. The molecule has 0 bridgehead atoms. The number of hydrogen-bond acceptors (Lipinski definition) is 2. The van der Waals surface area contributed by atoms with Crippen molar-refractivity contribution in [3.8, 4) is 0 Å². The van der Waals surface area contributed by atoms with Crippen molar-refractivity contribution in [2.24, 2.45) is 0 Å². The van der Waals surface area contributed by atoms with Gasteiger partial charge in [-0.3, -0.25) is 4.90 Å². The van der Waals surface area contributed by atoms with Crippen LogP contribution in [-0.2, 0) is 4.74 Å². The van der Waals surface area contributed by atoms with Gasteiger partial charge in [0.05, 0.1) is 0 Å². The quantitative estimate of drug-likeness (QED) is 0.641. The summed E-state index contributed by atoms with van der Waals surface area (Å²) in [6, 6.07) is 1.36. The Morgan fingerprint density at radius 2 is 2.00 bits per heavy atom. The summed E-state index contributed by atoms with van der Waals surface area (Å²) >= 11 is 5.92. The smallest absolute Gasteiger partial charge is 0.0477 e. The zero-order chi connectivity index (χ0) is 11.8. The molecule has 0 radical (unpaired) electrons. The first-order chi connectivity index (χ1) is 7.79. The molecule has 0 amide bonds. The summed E-state index contributed by atoms with van der Waals surface area (Å²) in [7, 11) is 1.78. The Balaban J connectivity index is 2.43. The van der Waals surface area contributed by atoms with E-state index in [1.165, 1.54) is 32.1 Å². The fourth-order valence-electron chi connectivity index (χ4n) is 2.73. The molecule has 0 N–H and O–H groups in total. The molecule has 0 spiro atoms. The van der Waals surface area contributed by atoms with Crippen LogP contribution in [-0.4, -0.2) is 43.1 Å². The molecule has 1 saturated carbocycles. The predicted molar refractivity (Wildman–Crippen MR) is 70.3 cm³/mol. The number of ether oxygens (including phenoxy) is 1. The molecular formula is C13H26ClNO. The Kier molecular flexibility index (Phi) is 7.42. The highest BCUT2D eigenvalue weighted by atomic mass is 35.5. The monoisotopic (exact) mass is 247 g/mol. The number of nitrogens with zero attached hydrogens (tertiary/aromatic N) is 1. The number of halogens is 1. The maximum Gasteiger partial charge on any atom is 0.0477 e. The van der Waals surface area contributed by atoms with Crippen LogP contribution in [0, 0.1) is 0 Å². The van der Waals surface area contributed by atoms with Crippen LogP contribution in [0.15, 0.2) is 0 Å². The first kappa shape index (κ1) is 14.3. The summed E-state index contributed by atoms with van der Waals surface area (Å²) in [5.74, 6) is 0.744. The second-order valence-corrected chi connectivity index (χ2v) is 5.23. The maximum atomic E-state index is 5.92. The van der Waals surface area contributed by atoms with Crippen molar-refractivity contribution in [1.29, 1.82) is 0 Å². The van der Waals surface area contributed by atoms with Gasteiger partial charge in [-0.05, 0) is 26.2 Å². The van der Waals surface area contributed by atoms with Crippen LogP contribution in [0.1, 0.15) is 45.4 Å². The van der Waals surface area contributed by atoms with Crippen molar-refractivity contribution in [2.75, 3.05) is 26.1 Å². The van der Waals surface area contributed by atoms with Crippen molar-refractivity contribution in [2.45, 2.75) is 57.5 Å². The fraction of sp³-hybridized carbons (Fsp3) is 1.00. The molecule has 0 aromatic rings. The van der Waals surface area contributed by atoms with Crippen LogP contribution >= 0.6 is 11.6 Å². The second kappa shape index (κ2) is 8.32. The average molecular weight is 248 g/mol. The van der Waals surface area contributed by atoms with Crippen molar-refractivity contribution in [3.05, 3.63) is 0 Å². The minimum atomic E-state index is 0.599. The first-order valence-corrected chi connectivity index (χ1v) is 7.13. The normalized spacial score (nSPS) is 20.2. The Labute approximate surface area is 105 Å². The molecule has 1 fully saturated rings. The van der Waals surface area contributed by atoms with E-state index < -0.39 is 0 Å². The summed E-state index contributed by atoms with van der Waals surface area (Å²) < 4.78 is 5.17. The standard InChI is InChI=1S/C13H26ClNO/c1-12(8-11-16-2)15(10-9-14)13-6-4-3-5-7-13/h12-13H,3-11H2,1-2H3. The summed E-state index contributed by atoms with van der Waals surface area (Å²) in [6.45, 7) is 4.18. The van der Waals surface area contributed by atoms with Gasteiger partial charge in [0.1, 0.15) is 0 Å². The lowest BCUT2D eigenvalue weighted by atomic mass is 9.93. The Hall–Kier alpha value is 0.210. The van der Waals surface area contributed by atoms with Crippen molar-refractivity contribution >= 4 is 11.6 Å². The minimum absolute atomic E-state index is 0.599. The third-order valence-corrected chi connectivity index (χ3v) is 3.86. The molecule has 1 aliphatic carbocycles. The van der Waals surface area contributed by atoms with Gasteiger partial charge in [0.2, 0.25) is 0 Å². The van der Waals surface area contributed by atoms with E-state index >= 15 is 0 Å². The molecule has 96 valence electrons. The van der Waals surface area contributed by atoms with Crippen molar-refractivity contribution in [3.63, 3.8) is 0 Å². The Morgan fingerprint density at radius 1 is 1.31 bits per heavy atom. The van der Waals surface area contributed by atoms with E-state index in [4.69, 9.17) is 16.3 Å². The molecule has 16 heavy (non-hydrogen) atoms. The molecular weight excluding hydrogens is 222 g/mol. The average Bonchev–Trinajstić information content (AvgIpc) is 2.34. The van der Waals surface area contributed by atoms with Crippen LogP contribution < -0.4 is 0 Å². The van der Waals surface area contributed by atoms with Gasteiger partial charge in [-0.1, -0.05) is 19.3 Å². The zero-order valence-corrected chi connectivity index (χ0v) is 11.5. The molecule has 1 aliphatic rings. The van der Waals surface area contributed by atoms with E-state index in [2.05, 4.69) is 11.8 Å². The SMILES string of the molecule is COCCC(C)N(CCCl)C1CCCCC1. The Bertz CT molecular complexity index is 171. The van der Waals surface area contributed by atoms with Gasteiger partial charge in [-0.15, -0.1) is 11.6 Å². The van der Waals surface area contributed by atoms with Crippen LogP contribution in [0.2, 0.25) is 0 Å². The van der Waals surface area contributed by atoms with E-state index in [1.807, 2.05) is 0 Å². The molecule has 1 rings (SSSR count). The van der Waals surface area contributed by atoms with Gasteiger partial charge in [-0.2, -0.15) is 0 Å². The fourth-order valence-corrected chi connectivity index (χ4v) is 2.92. The van der Waals surface area contributed by atoms with Crippen LogP contribution in [0.5, 0.6) is 0 Å². The molecule has 0 aromatic heterocycles. The molecule has 0 saturated heterocycles. The van der Waals surface area contributed by atoms with Gasteiger partial charge >= 0.3 is 0 Å². The van der Waals surface area contributed by atoms with Gasteiger partial charge in [0, 0.05) is 38.2 Å². The van der Waals surface area contributed by atoms with Gasteiger partial charge in [-0.25, -0.2) is 0 Å². The van der Waals surface area contributed by atoms with Crippen molar-refractivity contribution in [1.82, 2.24) is 4.90 Å². The zero-order valence-electron chi connectivity index (χ0n) is 10.8. The van der Waals surface area contributed by atoms with Crippen LogP contribution in [0.25, 0.3) is 0 Å². The highest BCUT2D eigenvalue weighted by molar-refractivity contribution is 6.18. The van der Waals surface area contributed by atoms with Crippen molar-refractivity contribution < 1.29 is 4.74 Å². The first-order valence-electron chi connectivity index (χ1n) is 6.60. The van der Waals surface area contributed by atoms with E-state index in [-0.39, 0.29) is 0 Å². The molecule has 0 aliphatic heterocycles. The highest BCUT2D eigenvalue weighted by Crippen LogP contribution is 2.24. The van der Waals surface area contributed by atoms with E-state index in [1.54, 1.807) is 7.11 Å². The summed E-state index contributed by atoms with van der Waals surface area (Å²) in [5, 5.41) is 0. The van der Waals surface area contributed by atoms with E-state index in [0.29, 0.717) is 6.04 Å². The lowest BCUT2D eigenvalue weighted by Gasteiger charge is -2.38. The van der Waals surface area contributed by atoms with Crippen LogP contribution in [0.3, 0.4) is 0 Å². The Morgan fingerprint density at radius 3 is 2.56 bits per heavy atom. The lowest BCUT2D eigenvalue weighted by molar-refractivity contribution is 0.0911. The van der Waals surface area contributed by atoms with Gasteiger partial charge in [0.15, 0.2) is 0 Å². The van der Waals surface area contributed by atoms with E-state index in [0.717, 1.165) is 31.5 Å². The number of hydrogen-bond donors (Lipinski definition) is 0. The number of alkyl halides is 1. The molecule has 1 unspecified atom stereocenters. The van der Waals surface area contributed by atoms with Crippen LogP contribution in [0.4, 0.5) is 0 Å². The summed E-state index contributed by atoms with van der Waals surface area (Å²) in [5.41, 5.74) is 0. The number of methoxy groups -OCH3 is 1. The summed E-state index contributed by atoms with van der Waals surface area (Å²) in [6.07, 6.45) is 8.02. The largest absolute Gasteiger partial charge is 0.385 e. The molecule has 3 heteroatoms. The second-order valence-electron chi connectivity index (χ2n) is 4.85. The maximum absolute atomic E-state index is 5.92. The number of rotatable bonds is 7. The van der Waals surface area contributed by atoms with Gasteiger partial charge < -0.3 is 4.74 Å². The molecule has 2 nitrogen and oxygen atoms in total. The molecule has 0 heterocycles. The van der Waals surface area contributed by atoms with Gasteiger partial charge in [0.25, 0.3) is 0 Å². The third kappa shape index (κ3) is 4.60.